The maximum atomic E-state index is 12.1. The Bertz CT molecular complexity index is 443. The number of carbonyl (C=O) groups is 1. The maximum absolute atomic E-state index is 12.1. The van der Waals surface area contributed by atoms with Crippen LogP contribution in [-0.2, 0) is 11.8 Å². The number of anilines is 1. The summed E-state index contributed by atoms with van der Waals surface area (Å²) in [4.78, 5) is 12.1. The average molecular weight is 238 g/mol. The van der Waals surface area contributed by atoms with Gasteiger partial charge in [0, 0.05) is 19.9 Å². The molecular weight excluding hydrogens is 220 g/mol. The predicted octanol–water partition coefficient (Wildman–Crippen LogP) is 0.300. The van der Waals surface area contributed by atoms with Crippen LogP contribution in [0.5, 0.6) is 0 Å². The van der Waals surface area contributed by atoms with Crippen molar-refractivity contribution in [2.24, 2.45) is 7.05 Å². The number of amides is 1. The molecule has 1 saturated heterocycles. The van der Waals surface area contributed by atoms with Crippen molar-refractivity contribution in [1.29, 1.82) is 0 Å². The van der Waals surface area contributed by atoms with Crippen LogP contribution < -0.4 is 11.1 Å². The predicted molar refractivity (Wildman–Crippen MR) is 63.5 cm³/mol. The van der Waals surface area contributed by atoms with E-state index in [1.54, 1.807) is 13.2 Å². The fourth-order valence-electron chi connectivity index (χ4n) is 2.00. The highest BCUT2D eigenvalue weighted by Gasteiger charge is 2.39. The second-order valence-corrected chi connectivity index (χ2v) is 4.74. The molecule has 6 heteroatoms. The second-order valence-electron chi connectivity index (χ2n) is 4.74. The van der Waals surface area contributed by atoms with Crippen molar-refractivity contribution in [3.8, 4) is 0 Å². The Labute approximate surface area is 100 Å². The van der Waals surface area contributed by atoms with Crippen LogP contribution in [0.15, 0.2) is 6.20 Å². The van der Waals surface area contributed by atoms with Gasteiger partial charge in [0.1, 0.15) is 0 Å². The number of aryl methyl sites for hydroxylation is 1. The largest absolute Gasteiger partial charge is 0.396 e. The lowest BCUT2D eigenvalue weighted by molar-refractivity contribution is 0.0724. The lowest BCUT2D eigenvalue weighted by Gasteiger charge is -2.28. The van der Waals surface area contributed by atoms with Gasteiger partial charge in [-0.1, -0.05) is 0 Å². The third-order valence-electron chi connectivity index (χ3n) is 3.36. The molecule has 1 fully saturated rings. The van der Waals surface area contributed by atoms with E-state index in [0.29, 0.717) is 12.3 Å². The van der Waals surface area contributed by atoms with Crippen LogP contribution in [0.2, 0.25) is 0 Å². The van der Waals surface area contributed by atoms with Crippen molar-refractivity contribution >= 4 is 11.6 Å². The molecule has 0 aromatic carbocycles. The molecule has 17 heavy (non-hydrogen) atoms. The van der Waals surface area contributed by atoms with Crippen molar-refractivity contribution in [2.75, 3.05) is 12.3 Å². The lowest BCUT2D eigenvalue weighted by Crippen LogP contribution is -2.50. The number of nitrogens with two attached hydrogens (primary N) is 1. The molecule has 2 rings (SSSR count). The highest BCUT2D eigenvalue weighted by Crippen LogP contribution is 2.25. The molecule has 0 aliphatic carbocycles. The van der Waals surface area contributed by atoms with E-state index < -0.39 is 0 Å². The van der Waals surface area contributed by atoms with Crippen molar-refractivity contribution in [3.05, 3.63) is 11.9 Å². The number of rotatable bonds is 2. The van der Waals surface area contributed by atoms with Gasteiger partial charge < -0.3 is 15.8 Å². The standard InChI is InChI=1S/C11H18N4O2/c1-7-11(2,4-5-17-7)13-10(16)9-8(12)6-15(3)14-9/h6-7H,4-5,12H2,1-3H3,(H,13,16). The zero-order valence-electron chi connectivity index (χ0n) is 10.4. The zero-order valence-corrected chi connectivity index (χ0v) is 10.4. The van der Waals surface area contributed by atoms with E-state index in [0.717, 1.165) is 6.42 Å². The Morgan fingerprint density at radius 1 is 1.76 bits per heavy atom. The van der Waals surface area contributed by atoms with Gasteiger partial charge >= 0.3 is 0 Å². The van der Waals surface area contributed by atoms with E-state index in [4.69, 9.17) is 10.5 Å². The van der Waals surface area contributed by atoms with E-state index in [-0.39, 0.29) is 23.2 Å². The quantitative estimate of drug-likeness (QED) is 0.776. The average Bonchev–Trinajstić information content (AvgIpc) is 2.72. The maximum Gasteiger partial charge on any atom is 0.274 e. The number of aromatic nitrogens is 2. The summed E-state index contributed by atoms with van der Waals surface area (Å²) >= 11 is 0. The monoisotopic (exact) mass is 238 g/mol. The summed E-state index contributed by atoms with van der Waals surface area (Å²) in [5, 5.41) is 7.00. The Morgan fingerprint density at radius 2 is 2.47 bits per heavy atom. The van der Waals surface area contributed by atoms with Crippen LogP contribution in [0.1, 0.15) is 30.8 Å². The molecule has 0 saturated carbocycles. The molecule has 1 aliphatic rings. The van der Waals surface area contributed by atoms with Gasteiger partial charge in [-0.15, -0.1) is 0 Å². The van der Waals surface area contributed by atoms with E-state index >= 15 is 0 Å². The first-order valence-electron chi connectivity index (χ1n) is 5.65. The molecular formula is C11H18N4O2. The van der Waals surface area contributed by atoms with Crippen LogP contribution in [0.3, 0.4) is 0 Å². The fraction of sp³-hybridized carbons (Fsp3) is 0.636. The molecule has 1 aliphatic heterocycles. The first kappa shape index (κ1) is 11.9. The molecule has 0 bridgehead atoms. The minimum Gasteiger partial charge on any atom is -0.396 e. The molecule has 2 atom stereocenters. The van der Waals surface area contributed by atoms with Crippen LogP contribution in [-0.4, -0.2) is 33.9 Å². The van der Waals surface area contributed by atoms with Crippen molar-refractivity contribution in [1.82, 2.24) is 15.1 Å². The molecule has 1 amide bonds. The van der Waals surface area contributed by atoms with Crippen molar-refractivity contribution in [2.45, 2.75) is 31.9 Å². The lowest BCUT2D eigenvalue weighted by atomic mass is 9.94. The van der Waals surface area contributed by atoms with Crippen LogP contribution in [0, 0.1) is 0 Å². The van der Waals surface area contributed by atoms with E-state index in [2.05, 4.69) is 10.4 Å². The topological polar surface area (TPSA) is 82.2 Å². The van der Waals surface area contributed by atoms with Gasteiger partial charge in [0.15, 0.2) is 5.69 Å². The van der Waals surface area contributed by atoms with Crippen molar-refractivity contribution < 1.29 is 9.53 Å². The Hall–Kier alpha value is -1.56. The van der Waals surface area contributed by atoms with Crippen molar-refractivity contribution in [3.63, 3.8) is 0 Å². The molecule has 3 N–H and O–H groups in total. The summed E-state index contributed by atoms with van der Waals surface area (Å²) in [6, 6.07) is 0. The fourth-order valence-corrected chi connectivity index (χ4v) is 2.00. The second kappa shape index (κ2) is 4.03. The molecule has 0 spiro atoms. The number of hydrogen-bond acceptors (Lipinski definition) is 4. The number of nitrogen functional groups attached to an aromatic ring is 1. The van der Waals surface area contributed by atoms with Gasteiger partial charge in [-0.25, -0.2) is 0 Å². The minimum absolute atomic E-state index is 0.00335. The Morgan fingerprint density at radius 3 is 2.94 bits per heavy atom. The molecule has 1 aromatic heterocycles. The van der Waals surface area contributed by atoms with E-state index in [9.17, 15) is 4.79 Å². The van der Waals surface area contributed by atoms with Crippen LogP contribution in [0.25, 0.3) is 0 Å². The smallest absolute Gasteiger partial charge is 0.274 e. The SMILES string of the molecule is CC1OCCC1(C)NC(=O)c1nn(C)cc1N. The summed E-state index contributed by atoms with van der Waals surface area (Å²) in [5.74, 6) is -0.247. The molecule has 1 aromatic rings. The number of hydrogen-bond donors (Lipinski definition) is 2. The van der Waals surface area contributed by atoms with E-state index in [1.807, 2.05) is 13.8 Å². The first-order valence-corrected chi connectivity index (χ1v) is 5.65. The minimum atomic E-state index is -0.346. The summed E-state index contributed by atoms with van der Waals surface area (Å²) in [5.41, 5.74) is 6.03. The van der Waals surface area contributed by atoms with Crippen LogP contribution in [0.4, 0.5) is 5.69 Å². The summed E-state index contributed by atoms with van der Waals surface area (Å²) in [7, 11) is 1.73. The Balaban J connectivity index is 2.14. The highest BCUT2D eigenvalue weighted by atomic mass is 16.5. The summed E-state index contributed by atoms with van der Waals surface area (Å²) < 4.78 is 7.00. The molecule has 2 unspecified atom stereocenters. The number of nitrogens with zero attached hydrogens (tertiary/aromatic N) is 2. The Kier molecular flexibility index (Phi) is 2.82. The normalized spacial score (nSPS) is 28.3. The molecule has 94 valence electrons. The first-order chi connectivity index (χ1) is 7.92. The van der Waals surface area contributed by atoms with E-state index in [1.165, 1.54) is 4.68 Å². The van der Waals surface area contributed by atoms with Crippen LogP contribution >= 0.6 is 0 Å². The van der Waals surface area contributed by atoms with Gasteiger partial charge in [-0.05, 0) is 20.3 Å². The number of carbonyl (C=O) groups excluding carboxylic acids is 1. The van der Waals surface area contributed by atoms with Gasteiger partial charge in [-0.3, -0.25) is 9.48 Å². The number of ether oxygens (including phenoxy) is 1. The van der Waals surface area contributed by atoms with Gasteiger partial charge in [0.2, 0.25) is 0 Å². The highest BCUT2D eigenvalue weighted by molar-refractivity contribution is 5.97. The van der Waals surface area contributed by atoms with Gasteiger partial charge in [-0.2, -0.15) is 5.10 Å². The third kappa shape index (κ3) is 2.12. The van der Waals surface area contributed by atoms with Gasteiger partial charge in [0.05, 0.1) is 17.3 Å². The van der Waals surface area contributed by atoms with Gasteiger partial charge in [0.25, 0.3) is 5.91 Å². The summed E-state index contributed by atoms with van der Waals surface area (Å²) in [6.07, 6.45) is 2.41. The third-order valence-corrected chi connectivity index (χ3v) is 3.36. The number of nitrogens with one attached hydrogen (secondary N) is 1. The molecule has 2 heterocycles. The summed E-state index contributed by atoms with van der Waals surface area (Å²) in [6.45, 7) is 4.59. The molecule has 0 radical (unpaired) electrons. The molecule has 6 nitrogen and oxygen atoms in total. The zero-order chi connectivity index (χ0) is 12.6.